The second kappa shape index (κ2) is 6.99. The van der Waals surface area contributed by atoms with Crippen molar-refractivity contribution in [2.45, 2.75) is 38.1 Å². The molecule has 1 aliphatic carbocycles. The number of H-pyrrole nitrogens is 1. The Bertz CT molecular complexity index is 1290. The van der Waals surface area contributed by atoms with Gasteiger partial charge in [0.05, 0.1) is 34.6 Å². The first kappa shape index (κ1) is 19.6. The van der Waals surface area contributed by atoms with Gasteiger partial charge in [0, 0.05) is 10.9 Å². The molecule has 0 spiro atoms. The van der Waals surface area contributed by atoms with Crippen LogP contribution < -0.4 is 10.9 Å². The highest BCUT2D eigenvalue weighted by atomic mass is 19.2. The molecule has 9 heteroatoms. The summed E-state index contributed by atoms with van der Waals surface area (Å²) in [5.74, 6) is -2.50. The molecule has 0 unspecified atom stereocenters. The lowest BCUT2D eigenvalue weighted by atomic mass is 9.94. The minimum Gasteiger partial charge on any atom is -0.347 e. The van der Waals surface area contributed by atoms with Crippen molar-refractivity contribution in [3.63, 3.8) is 0 Å². The molecule has 0 aliphatic heterocycles. The van der Waals surface area contributed by atoms with E-state index in [0.29, 0.717) is 24.2 Å². The number of pyridine rings is 1. The molecule has 3 aromatic rings. The monoisotopic (exact) mass is 409 g/mol. The first-order valence-electron chi connectivity index (χ1n) is 9.33. The average Bonchev–Trinajstić information content (AvgIpc) is 3.52. The number of aromatic amines is 1. The van der Waals surface area contributed by atoms with Gasteiger partial charge in [-0.1, -0.05) is 0 Å². The highest BCUT2D eigenvalue weighted by Gasteiger charge is 2.53. The van der Waals surface area contributed by atoms with Crippen molar-refractivity contribution < 1.29 is 13.6 Å². The predicted octanol–water partition coefficient (Wildman–Crippen LogP) is 2.69. The van der Waals surface area contributed by atoms with Crippen molar-refractivity contribution in [3.8, 4) is 6.07 Å². The highest BCUT2D eigenvalue weighted by Crippen LogP contribution is 2.48. The zero-order valence-corrected chi connectivity index (χ0v) is 16.2. The van der Waals surface area contributed by atoms with Crippen LogP contribution in [0, 0.1) is 29.9 Å². The Morgan fingerprint density at radius 1 is 1.37 bits per heavy atom. The standard InChI is InChI=1S/C21H17F2N5O2/c1-10-18(25-9-12(8-24)26-10)11(2)27-20(30)21(5-6-21)14-7-13-16(28-19(14)29)4-3-15(22)17(13)23/h3-4,7,9,11H,5-6H2,1-2H3,(H,27,30)(H,28,29)/t11-/m1/s1. The van der Waals surface area contributed by atoms with E-state index in [9.17, 15) is 18.4 Å². The summed E-state index contributed by atoms with van der Waals surface area (Å²) < 4.78 is 27.8. The number of fused-ring (bicyclic) bond motifs is 1. The number of aryl methyl sites for hydroxylation is 1. The molecule has 1 amide bonds. The van der Waals surface area contributed by atoms with Crippen molar-refractivity contribution in [2.24, 2.45) is 0 Å². The summed E-state index contributed by atoms with van der Waals surface area (Å²) in [6.07, 6.45) is 2.15. The second-order valence-electron chi connectivity index (χ2n) is 7.45. The second-order valence-corrected chi connectivity index (χ2v) is 7.45. The van der Waals surface area contributed by atoms with Crippen molar-refractivity contribution in [2.75, 3.05) is 0 Å². The number of carbonyl (C=O) groups is 1. The van der Waals surface area contributed by atoms with Gasteiger partial charge in [0.1, 0.15) is 6.07 Å². The van der Waals surface area contributed by atoms with Gasteiger partial charge >= 0.3 is 0 Å². The molecule has 1 aliphatic rings. The molecule has 0 bridgehead atoms. The summed E-state index contributed by atoms with van der Waals surface area (Å²) in [5, 5.41) is 11.7. The zero-order chi connectivity index (χ0) is 21.6. The number of benzene rings is 1. The molecule has 1 saturated carbocycles. The molecule has 1 fully saturated rings. The molecule has 0 saturated heterocycles. The number of nitrogens with one attached hydrogen (secondary N) is 2. The molecule has 4 rings (SSSR count). The first-order valence-corrected chi connectivity index (χ1v) is 9.33. The molecule has 30 heavy (non-hydrogen) atoms. The maximum atomic E-state index is 14.2. The van der Waals surface area contributed by atoms with E-state index in [-0.39, 0.29) is 22.2 Å². The van der Waals surface area contributed by atoms with Gasteiger partial charge < -0.3 is 10.3 Å². The minimum absolute atomic E-state index is 0.0782. The van der Waals surface area contributed by atoms with Crippen LogP contribution in [0.25, 0.3) is 10.9 Å². The smallest absolute Gasteiger partial charge is 0.252 e. The van der Waals surface area contributed by atoms with Crippen molar-refractivity contribution in [1.82, 2.24) is 20.3 Å². The van der Waals surface area contributed by atoms with E-state index in [2.05, 4.69) is 20.3 Å². The number of rotatable bonds is 4. The van der Waals surface area contributed by atoms with Gasteiger partial charge in [0.15, 0.2) is 17.3 Å². The van der Waals surface area contributed by atoms with E-state index in [1.165, 1.54) is 18.3 Å². The summed E-state index contributed by atoms with van der Waals surface area (Å²) in [7, 11) is 0. The Hall–Kier alpha value is -3.67. The lowest BCUT2D eigenvalue weighted by Crippen LogP contribution is -2.39. The van der Waals surface area contributed by atoms with Gasteiger partial charge in [-0.05, 0) is 44.9 Å². The van der Waals surface area contributed by atoms with Gasteiger partial charge in [0.2, 0.25) is 5.91 Å². The number of aromatic nitrogens is 3. The number of hydrogen-bond acceptors (Lipinski definition) is 5. The number of carbonyl (C=O) groups excluding carboxylic acids is 1. The summed E-state index contributed by atoms with van der Waals surface area (Å²) in [4.78, 5) is 36.5. The van der Waals surface area contributed by atoms with E-state index in [1.807, 2.05) is 6.07 Å². The number of hydrogen-bond donors (Lipinski definition) is 2. The molecule has 1 aromatic carbocycles. The minimum atomic E-state index is -1.11. The van der Waals surface area contributed by atoms with Gasteiger partial charge in [0.25, 0.3) is 5.56 Å². The Balaban J connectivity index is 1.67. The molecular formula is C21H17F2N5O2. The van der Waals surface area contributed by atoms with Gasteiger partial charge in [-0.2, -0.15) is 5.26 Å². The molecular weight excluding hydrogens is 392 g/mol. The van der Waals surface area contributed by atoms with Crippen molar-refractivity contribution >= 4 is 16.8 Å². The Morgan fingerprint density at radius 2 is 2.10 bits per heavy atom. The number of nitrogens with zero attached hydrogens (tertiary/aromatic N) is 3. The van der Waals surface area contributed by atoms with Crippen LogP contribution >= 0.6 is 0 Å². The molecule has 0 radical (unpaired) electrons. The predicted molar refractivity (Wildman–Crippen MR) is 103 cm³/mol. The fourth-order valence-electron chi connectivity index (χ4n) is 3.69. The van der Waals surface area contributed by atoms with Crippen LogP contribution in [-0.4, -0.2) is 20.9 Å². The fourth-order valence-corrected chi connectivity index (χ4v) is 3.69. The quantitative estimate of drug-likeness (QED) is 0.688. The van der Waals surface area contributed by atoms with Crippen LogP contribution in [0.15, 0.2) is 29.2 Å². The molecule has 7 nitrogen and oxygen atoms in total. The first-order chi connectivity index (χ1) is 14.3. The van der Waals surface area contributed by atoms with Gasteiger partial charge in [-0.15, -0.1) is 0 Å². The zero-order valence-electron chi connectivity index (χ0n) is 16.2. The van der Waals surface area contributed by atoms with E-state index in [0.717, 1.165) is 6.07 Å². The van der Waals surface area contributed by atoms with Crippen molar-refractivity contribution in [1.29, 1.82) is 5.26 Å². The molecule has 2 N–H and O–H groups in total. The topological polar surface area (TPSA) is 112 Å². The summed E-state index contributed by atoms with van der Waals surface area (Å²) in [6.45, 7) is 3.40. The van der Waals surface area contributed by atoms with E-state index < -0.39 is 34.6 Å². The van der Waals surface area contributed by atoms with Crippen LogP contribution in [0.1, 0.15) is 48.5 Å². The normalized spacial score (nSPS) is 15.4. The molecule has 2 heterocycles. The van der Waals surface area contributed by atoms with E-state index >= 15 is 0 Å². The SMILES string of the molecule is Cc1nc(C#N)cnc1[C@@H](C)NC(=O)C1(c2cc3c(F)c(F)ccc3[nH]c2=O)CC1. The molecule has 152 valence electrons. The summed E-state index contributed by atoms with van der Waals surface area (Å²) in [5.41, 5.74) is -0.175. The molecule has 2 aromatic heterocycles. The maximum absolute atomic E-state index is 14.2. The van der Waals surface area contributed by atoms with Crippen LogP contribution in [-0.2, 0) is 10.2 Å². The number of halogens is 2. The number of amides is 1. The van der Waals surface area contributed by atoms with Crippen molar-refractivity contribution in [3.05, 3.63) is 69.0 Å². The Morgan fingerprint density at radius 3 is 2.73 bits per heavy atom. The third kappa shape index (κ3) is 3.10. The lowest BCUT2D eigenvalue weighted by Gasteiger charge is -2.20. The van der Waals surface area contributed by atoms with Crippen LogP contribution in [0.2, 0.25) is 0 Å². The van der Waals surface area contributed by atoms with Gasteiger partial charge in [-0.3, -0.25) is 14.6 Å². The van der Waals surface area contributed by atoms with Crippen LogP contribution in [0.4, 0.5) is 8.78 Å². The van der Waals surface area contributed by atoms with E-state index in [4.69, 9.17) is 5.26 Å². The molecule has 1 atom stereocenters. The summed E-state index contributed by atoms with van der Waals surface area (Å²) >= 11 is 0. The average molecular weight is 409 g/mol. The lowest BCUT2D eigenvalue weighted by molar-refractivity contribution is -0.124. The largest absolute Gasteiger partial charge is 0.347 e. The fraction of sp³-hybridized carbons (Fsp3) is 0.286. The third-order valence-corrected chi connectivity index (χ3v) is 5.47. The Labute approximate surface area is 169 Å². The Kier molecular flexibility index (Phi) is 4.57. The number of nitriles is 1. The third-order valence-electron chi connectivity index (χ3n) is 5.47. The van der Waals surface area contributed by atoms with Crippen LogP contribution in [0.5, 0.6) is 0 Å². The van der Waals surface area contributed by atoms with Crippen LogP contribution in [0.3, 0.4) is 0 Å². The summed E-state index contributed by atoms with van der Waals surface area (Å²) in [6, 6.07) is 4.86. The van der Waals surface area contributed by atoms with Gasteiger partial charge in [-0.25, -0.2) is 13.8 Å². The van der Waals surface area contributed by atoms with E-state index in [1.54, 1.807) is 13.8 Å². The maximum Gasteiger partial charge on any atom is 0.252 e. The highest BCUT2D eigenvalue weighted by molar-refractivity contribution is 5.93.